The highest BCUT2D eigenvalue weighted by atomic mass is 32.2. The number of benzene rings is 3. The molecule has 0 saturated carbocycles. The number of hydrogen-bond acceptors (Lipinski definition) is 3. The molecule has 1 saturated heterocycles. The average Bonchev–Trinajstić information content (AvgIpc) is 3.30. The second kappa shape index (κ2) is 9.22. The summed E-state index contributed by atoms with van der Waals surface area (Å²) >= 11 is 0. The molecule has 5 nitrogen and oxygen atoms in total. The maximum atomic E-state index is 13.2. The molecule has 3 aromatic carbocycles. The Hall–Kier alpha value is -3.03. The minimum absolute atomic E-state index is 0.00982. The van der Waals surface area contributed by atoms with Crippen LogP contribution in [0.15, 0.2) is 77.7 Å². The van der Waals surface area contributed by atoms with E-state index in [0.717, 1.165) is 28.8 Å². The van der Waals surface area contributed by atoms with Gasteiger partial charge in [-0.05, 0) is 66.8 Å². The number of sulfonamides is 1. The molecule has 0 aliphatic carbocycles. The van der Waals surface area contributed by atoms with E-state index in [9.17, 15) is 17.6 Å². The van der Waals surface area contributed by atoms with Crippen LogP contribution in [-0.2, 0) is 21.4 Å². The summed E-state index contributed by atoms with van der Waals surface area (Å²) in [5.41, 5.74) is 4.27. The fourth-order valence-corrected chi connectivity index (χ4v) is 5.60. The van der Waals surface area contributed by atoms with Crippen LogP contribution in [0.25, 0.3) is 11.1 Å². The molecule has 32 heavy (non-hydrogen) atoms. The van der Waals surface area contributed by atoms with Gasteiger partial charge in [0.25, 0.3) is 0 Å². The van der Waals surface area contributed by atoms with E-state index in [1.54, 1.807) is 0 Å². The van der Waals surface area contributed by atoms with E-state index in [1.807, 2.05) is 31.2 Å². The monoisotopic (exact) mass is 452 g/mol. The van der Waals surface area contributed by atoms with Crippen LogP contribution in [0.3, 0.4) is 0 Å². The van der Waals surface area contributed by atoms with Crippen LogP contribution in [0.1, 0.15) is 24.0 Å². The summed E-state index contributed by atoms with van der Waals surface area (Å²) in [6.07, 6.45) is 1.05. The third kappa shape index (κ3) is 4.74. The zero-order valence-corrected chi connectivity index (χ0v) is 18.6. The number of aryl methyl sites for hydroxylation is 1. The van der Waals surface area contributed by atoms with E-state index in [0.29, 0.717) is 19.4 Å². The number of carbonyl (C=O) groups is 1. The van der Waals surface area contributed by atoms with Crippen molar-refractivity contribution < 1.29 is 17.6 Å². The Morgan fingerprint density at radius 1 is 1.03 bits per heavy atom. The summed E-state index contributed by atoms with van der Waals surface area (Å²) < 4.78 is 40.4. The number of carbonyl (C=O) groups excluding carboxylic acids is 1. The van der Waals surface area contributed by atoms with Crippen molar-refractivity contribution in [3.63, 3.8) is 0 Å². The standard InChI is InChI=1S/C25H25FN2O3S/c1-18-7-9-20(10-8-18)21-5-2-4-19(16-21)17-27-25(29)24-6-3-15-28(24)32(30,31)23-13-11-22(26)12-14-23/h2,4-5,7-14,16,24H,3,6,15,17H2,1H3,(H,27,29)/t24-/m0/s1. The molecule has 4 rings (SSSR count). The molecule has 1 aliphatic heterocycles. The van der Waals surface area contributed by atoms with E-state index in [4.69, 9.17) is 0 Å². The topological polar surface area (TPSA) is 66.5 Å². The van der Waals surface area contributed by atoms with Gasteiger partial charge in [-0.3, -0.25) is 4.79 Å². The minimum atomic E-state index is -3.87. The van der Waals surface area contributed by atoms with Gasteiger partial charge in [-0.15, -0.1) is 0 Å². The molecule has 0 spiro atoms. The average molecular weight is 453 g/mol. The van der Waals surface area contributed by atoms with Crippen LogP contribution < -0.4 is 5.32 Å². The first kappa shape index (κ1) is 22.2. The number of amides is 1. The summed E-state index contributed by atoms with van der Waals surface area (Å²) in [6.45, 7) is 2.61. The minimum Gasteiger partial charge on any atom is -0.351 e. The van der Waals surface area contributed by atoms with Crippen molar-refractivity contribution in [3.8, 4) is 11.1 Å². The number of halogens is 1. The van der Waals surface area contributed by atoms with Crippen LogP contribution in [0.5, 0.6) is 0 Å². The number of hydrogen-bond donors (Lipinski definition) is 1. The van der Waals surface area contributed by atoms with E-state index < -0.39 is 21.9 Å². The lowest BCUT2D eigenvalue weighted by Crippen LogP contribution is -2.45. The van der Waals surface area contributed by atoms with Gasteiger partial charge in [0.2, 0.25) is 15.9 Å². The molecule has 0 radical (unpaired) electrons. The first-order valence-corrected chi connectivity index (χ1v) is 12.0. The van der Waals surface area contributed by atoms with Crippen LogP contribution in [0, 0.1) is 12.7 Å². The van der Waals surface area contributed by atoms with Crippen molar-refractivity contribution in [2.75, 3.05) is 6.54 Å². The van der Waals surface area contributed by atoms with Crippen molar-refractivity contribution in [1.82, 2.24) is 9.62 Å². The lowest BCUT2D eigenvalue weighted by Gasteiger charge is -2.23. The van der Waals surface area contributed by atoms with Gasteiger partial charge in [0.05, 0.1) is 4.90 Å². The van der Waals surface area contributed by atoms with Crippen molar-refractivity contribution in [2.45, 2.75) is 37.2 Å². The first-order valence-electron chi connectivity index (χ1n) is 10.6. The second-order valence-corrected chi connectivity index (χ2v) is 9.90. The molecular weight excluding hydrogens is 427 g/mol. The smallest absolute Gasteiger partial charge is 0.243 e. The molecule has 166 valence electrons. The van der Waals surface area contributed by atoms with Gasteiger partial charge >= 0.3 is 0 Å². The van der Waals surface area contributed by atoms with Gasteiger partial charge < -0.3 is 5.32 Å². The van der Waals surface area contributed by atoms with E-state index in [-0.39, 0.29) is 17.3 Å². The van der Waals surface area contributed by atoms with Crippen LogP contribution in [0.4, 0.5) is 4.39 Å². The van der Waals surface area contributed by atoms with E-state index >= 15 is 0 Å². The number of rotatable bonds is 6. The van der Waals surface area contributed by atoms with Gasteiger partial charge in [-0.25, -0.2) is 12.8 Å². The Kier molecular flexibility index (Phi) is 6.39. The Bertz CT molecular complexity index is 1210. The molecule has 1 heterocycles. The van der Waals surface area contributed by atoms with Gasteiger partial charge in [-0.1, -0.05) is 48.0 Å². The van der Waals surface area contributed by atoms with Gasteiger partial charge in [0.1, 0.15) is 11.9 Å². The second-order valence-electron chi connectivity index (χ2n) is 8.01. The molecule has 0 unspecified atom stereocenters. The van der Waals surface area contributed by atoms with Gasteiger partial charge in [0, 0.05) is 13.1 Å². The van der Waals surface area contributed by atoms with Gasteiger partial charge in [-0.2, -0.15) is 4.31 Å². The molecular formula is C25H25FN2O3S. The fourth-order valence-electron chi connectivity index (χ4n) is 3.95. The quantitative estimate of drug-likeness (QED) is 0.607. The normalized spacial score (nSPS) is 16.8. The summed E-state index contributed by atoms with van der Waals surface area (Å²) in [4.78, 5) is 12.9. The predicted octanol–water partition coefficient (Wildman–Crippen LogP) is 4.27. The highest BCUT2D eigenvalue weighted by Gasteiger charge is 2.39. The van der Waals surface area contributed by atoms with Crippen LogP contribution in [0.2, 0.25) is 0 Å². The molecule has 1 amide bonds. The fraction of sp³-hybridized carbons (Fsp3) is 0.240. The van der Waals surface area contributed by atoms with Crippen molar-refractivity contribution in [3.05, 3.63) is 89.7 Å². The summed E-state index contributed by atoms with van der Waals surface area (Å²) in [7, 11) is -3.87. The Balaban J connectivity index is 1.45. The molecule has 1 fully saturated rings. The third-order valence-corrected chi connectivity index (χ3v) is 7.63. The molecule has 7 heteroatoms. The molecule has 1 atom stereocenters. The summed E-state index contributed by atoms with van der Waals surface area (Å²) in [5.74, 6) is -0.832. The molecule has 3 aromatic rings. The van der Waals surface area contributed by atoms with Crippen LogP contribution in [-0.4, -0.2) is 31.2 Å². The van der Waals surface area contributed by atoms with Gasteiger partial charge in [0.15, 0.2) is 0 Å². The van der Waals surface area contributed by atoms with Crippen molar-refractivity contribution in [1.29, 1.82) is 0 Å². The zero-order valence-electron chi connectivity index (χ0n) is 17.8. The summed E-state index contributed by atoms with van der Waals surface area (Å²) in [5, 5.41) is 2.89. The Labute approximate surface area is 187 Å². The lowest BCUT2D eigenvalue weighted by molar-refractivity contribution is -0.124. The highest BCUT2D eigenvalue weighted by Crippen LogP contribution is 2.27. The highest BCUT2D eigenvalue weighted by molar-refractivity contribution is 7.89. The van der Waals surface area contributed by atoms with E-state index in [1.165, 1.54) is 22.0 Å². The maximum absolute atomic E-state index is 13.2. The maximum Gasteiger partial charge on any atom is 0.243 e. The van der Waals surface area contributed by atoms with Crippen molar-refractivity contribution >= 4 is 15.9 Å². The SMILES string of the molecule is Cc1ccc(-c2cccc(CNC(=O)[C@@H]3CCCN3S(=O)(=O)c3ccc(F)cc3)c2)cc1. The Morgan fingerprint density at radius 2 is 1.75 bits per heavy atom. The number of nitrogens with one attached hydrogen (secondary N) is 1. The molecule has 0 bridgehead atoms. The van der Waals surface area contributed by atoms with Crippen LogP contribution >= 0.6 is 0 Å². The molecule has 1 aliphatic rings. The first-order chi connectivity index (χ1) is 15.3. The Morgan fingerprint density at radius 3 is 2.47 bits per heavy atom. The lowest BCUT2D eigenvalue weighted by atomic mass is 10.0. The zero-order chi connectivity index (χ0) is 22.7. The van der Waals surface area contributed by atoms with Crippen molar-refractivity contribution in [2.24, 2.45) is 0 Å². The molecule has 0 aromatic heterocycles. The van der Waals surface area contributed by atoms with E-state index in [2.05, 4.69) is 29.6 Å². The molecule has 1 N–H and O–H groups in total. The predicted molar refractivity (Wildman–Crippen MR) is 122 cm³/mol. The number of nitrogens with zero attached hydrogens (tertiary/aromatic N) is 1. The summed E-state index contributed by atoms with van der Waals surface area (Å²) in [6, 6.07) is 20.0. The largest absolute Gasteiger partial charge is 0.351 e. The third-order valence-electron chi connectivity index (χ3n) is 5.71.